The molecule has 0 aliphatic rings. The first kappa shape index (κ1) is 14.7. The van der Waals surface area contributed by atoms with Crippen molar-refractivity contribution in [3.63, 3.8) is 0 Å². The Labute approximate surface area is 116 Å². The number of carbonyl (C=O) groups is 1. The standard InChI is InChI=1S/C13H20BrNOS/c1-5-9(3)8-15(6-2)13(16)11-7-10(4)12(14)17-11/h7,9H,5-6,8H2,1-4H3. The highest BCUT2D eigenvalue weighted by atomic mass is 79.9. The van der Waals surface area contributed by atoms with Gasteiger partial charge in [-0.1, -0.05) is 20.3 Å². The summed E-state index contributed by atoms with van der Waals surface area (Å²) in [5, 5.41) is 0. The van der Waals surface area contributed by atoms with Crippen molar-refractivity contribution in [3.8, 4) is 0 Å². The van der Waals surface area contributed by atoms with E-state index >= 15 is 0 Å². The van der Waals surface area contributed by atoms with Crippen molar-refractivity contribution in [1.29, 1.82) is 0 Å². The van der Waals surface area contributed by atoms with Gasteiger partial charge in [0.15, 0.2) is 0 Å². The van der Waals surface area contributed by atoms with E-state index < -0.39 is 0 Å². The van der Waals surface area contributed by atoms with Crippen LogP contribution in [0.1, 0.15) is 42.4 Å². The van der Waals surface area contributed by atoms with Gasteiger partial charge in [0, 0.05) is 13.1 Å². The summed E-state index contributed by atoms with van der Waals surface area (Å²) in [6.45, 7) is 10.0. The van der Waals surface area contributed by atoms with Gasteiger partial charge >= 0.3 is 0 Å². The number of carbonyl (C=O) groups excluding carboxylic acids is 1. The van der Waals surface area contributed by atoms with Crippen molar-refractivity contribution in [1.82, 2.24) is 4.90 Å². The van der Waals surface area contributed by atoms with E-state index in [1.807, 2.05) is 24.8 Å². The lowest BCUT2D eigenvalue weighted by molar-refractivity contribution is 0.0745. The molecule has 0 aliphatic heterocycles. The molecule has 2 nitrogen and oxygen atoms in total. The largest absolute Gasteiger partial charge is 0.338 e. The fourth-order valence-corrected chi connectivity index (χ4v) is 3.08. The fraction of sp³-hybridized carbons (Fsp3) is 0.615. The summed E-state index contributed by atoms with van der Waals surface area (Å²) in [6, 6.07) is 1.97. The second-order valence-corrected chi connectivity index (χ2v) is 6.79. The van der Waals surface area contributed by atoms with Gasteiger partial charge in [-0.15, -0.1) is 11.3 Å². The molecule has 17 heavy (non-hydrogen) atoms. The van der Waals surface area contributed by atoms with Gasteiger partial charge in [0.05, 0.1) is 8.66 Å². The molecule has 4 heteroatoms. The first-order valence-corrected chi connectivity index (χ1v) is 7.65. The average Bonchev–Trinajstić information content (AvgIpc) is 2.65. The quantitative estimate of drug-likeness (QED) is 0.791. The molecule has 0 saturated carbocycles. The van der Waals surface area contributed by atoms with Crippen molar-refractivity contribution >= 4 is 33.2 Å². The Morgan fingerprint density at radius 3 is 2.59 bits per heavy atom. The molecule has 0 radical (unpaired) electrons. The highest BCUT2D eigenvalue weighted by molar-refractivity contribution is 9.11. The number of aryl methyl sites for hydroxylation is 1. The third-order valence-corrected chi connectivity index (χ3v) is 5.09. The summed E-state index contributed by atoms with van der Waals surface area (Å²) in [7, 11) is 0. The Hall–Kier alpha value is -0.350. The van der Waals surface area contributed by atoms with E-state index in [-0.39, 0.29) is 5.91 Å². The van der Waals surface area contributed by atoms with Crippen molar-refractivity contribution in [2.75, 3.05) is 13.1 Å². The number of thiophene rings is 1. The van der Waals surface area contributed by atoms with E-state index in [9.17, 15) is 4.79 Å². The molecule has 96 valence electrons. The molecule has 1 aromatic rings. The van der Waals surface area contributed by atoms with E-state index in [1.165, 1.54) is 11.3 Å². The van der Waals surface area contributed by atoms with Crippen LogP contribution < -0.4 is 0 Å². The molecule has 1 aromatic heterocycles. The van der Waals surface area contributed by atoms with Crippen LogP contribution in [0.3, 0.4) is 0 Å². The van der Waals surface area contributed by atoms with E-state index in [0.717, 1.165) is 33.7 Å². The van der Waals surface area contributed by atoms with Gasteiger partial charge in [-0.2, -0.15) is 0 Å². The minimum Gasteiger partial charge on any atom is -0.338 e. The third-order valence-electron chi connectivity index (χ3n) is 2.97. The van der Waals surface area contributed by atoms with Gasteiger partial charge in [-0.05, 0) is 47.3 Å². The van der Waals surface area contributed by atoms with E-state index in [2.05, 4.69) is 29.8 Å². The van der Waals surface area contributed by atoms with Crippen molar-refractivity contribution in [2.24, 2.45) is 5.92 Å². The van der Waals surface area contributed by atoms with E-state index in [4.69, 9.17) is 0 Å². The van der Waals surface area contributed by atoms with Gasteiger partial charge in [-0.3, -0.25) is 4.79 Å². The highest BCUT2D eigenvalue weighted by Crippen LogP contribution is 2.28. The zero-order chi connectivity index (χ0) is 13.0. The predicted octanol–water partition coefficient (Wildman–Crippen LogP) is 4.33. The molecule has 1 atom stereocenters. The van der Waals surface area contributed by atoms with Crippen molar-refractivity contribution in [3.05, 3.63) is 20.3 Å². The third kappa shape index (κ3) is 3.81. The molecular weight excluding hydrogens is 298 g/mol. The molecule has 0 N–H and O–H groups in total. The van der Waals surface area contributed by atoms with Crippen LogP contribution in [-0.2, 0) is 0 Å². The van der Waals surface area contributed by atoms with Gasteiger partial charge in [0.25, 0.3) is 5.91 Å². The Morgan fingerprint density at radius 2 is 2.18 bits per heavy atom. The summed E-state index contributed by atoms with van der Waals surface area (Å²) < 4.78 is 1.06. The molecule has 0 aliphatic carbocycles. The number of amides is 1. The van der Waals surface area contributed by atoms with Crippen LogP contribution in [0, 0.1) is 12.8 Å². The van der Waals surface area contributed by atoms with Gasteiger partial charge in [0.2, 0.25) is 0 Å². The molecule has 1 amide bonds. The Bertz CT molecular complexity index is 369. The molecular formula is C13H20BrNOS. The van der Waals surface area contributed by atoms with Crippen molar-refractivity contribution in [2.45, 2.75) is 34.1 Å². The number of hydrogen-bond donors (Lipinski definition) is 0. The molecule has 0 spiro atoms. The second kappa shape index (κ2) is 6.55. The summed E-state index contributed by atoms with van der Waals surface area (Å²) in [5.41, 5.74) is 1.14. The maximum atomic E-state index is 12.3. The molecule has 0 saturated heterocycles. The first-order valence-electron chi connectivity index (χ1n) is 6.04. The van der Waals surface area contributed by atoms with Crippen LogP contribution in [-0.4, -0.2) is 23.9 Å². The lowest BCUT2D eigenvalue weighted by atomic mass is 10.1. The normalized spacial score (nSPS) is 12.5. The fourth-order valence-electron chi connectivity index (χ4n) is 1.58. The van der Waals surface area contributed by atoms with Crippen molar-refractivity contribution < 1.29 is 4.79 Å². The molecule has 0 bridgehead atoms. The number of hydrogen-bond acceptors (Lipinski definition) is 2. The predicted molar refractivity (Wildman–Crippen MR) is 77.8 cm³/mol. The number of halogens is 1. The molecule has 0 aromatic carbocycles. The Morgan fingerprint density at radius 1 is 1.53 bits per heavy atom. The first-order chi connectivity index (χ1) is 7.99. The molecule has 0 fully saturated rings. The summed E-state index contributed by atoms with van der Waals surface area (Å²) >= 11 is 4.99. The maximum absolute atomic E-state index is 12.3. The summed E-state index contributed by atoms with van der Waals surface area (Å²) in [6.07, 6.45) is 1.11. The van der Waals surface area contributed by atoms with Crippen LogP contribution in [0.5, 0.6) is 0 Å². The second-order valence-electron chi connectivity index (χ2n) is 4.42. The number of nitrogens with zero attached hydrogens (tertiary/aromatic N) is 1. The number of rotatable bonds is 5. The maximum Gasteiger partial charge on any atom is 0.263 e. The zero-order valence-corrected chi connectivity index (χ0v) is 13.3. The summed E-state index contributed by atoms with van der Waals surface area (Å²) in [4.78, 5) is 15.1. The van der Waals surface area contributed by atoms with Crippen LogP contribution in [0.2, 0.25) is 0 Å². The zero-order valence-electron chi connectivity index (χ0n) is 10.9. The minimum atomic E-state index is 0.159. The Kier molecular flexibility index (Phi) is 5.67. The van der Waals surface area contributed by atoms with Crippen LogP contribution >= 0.6 is 27.3 Å². The lowest BCUT2D eigenvalue weighted by Gasteiger charge is -2.23. The molecule has 1 heterocycles. The summed E-state index contributed by atoms with van der Waals surface area (Å²) in [5.74, 6) is 0.718. The highest BCUT2D eigenvalue weighted by Gasteiger charge is 2.18. The van der Waals surface area contributed by atoms with Gasteiger partial charge in [0.1, 0.15) is 0 Å². The Balaban J connectivity index is 2.79. The van der Waals surface area contributed by atoms with E-state index in [1.54, 1.807) is 0 Å². The SMILES string of the molecule is CCC(C)CN(CC)C(=O)c1cc(C)c(Br)s1. The molecule has 1 unspecified atom stereocenters. The van der Waals surface area contributed by atoms with Gasteiger partial charge < -0.3 is 4.90 Å². The van der Waals surface area contributed by atoms with E-state index in [0.29, 0.717) is 5.92 Å². The topological polar surface area (TPSA) is 20.3 Å². The lowest BCUT2D eigenvalue weighted by Crippen LogP contribution is -2.34. The van der Waals surface area contributed by atoms with Crippen LogP contribution in [0.4, 0.5) is 0 Å². The average molecular weight is 318 g/mol. The van der Waals surface area contributed by atoms with Crippen LogP contribution in [0.25, 0.3) is 0 Å². The van der Waals surface area contributed by atoms with Crippen LogP contribution in [0.15, 0.2) is 9.85 Å². The molecule has 1 rings (SSSR count). The monoisotopic (exact) mass is 317 g/mol. The smallest absolute Gasteiger partial charge is 0.263 e. The minimum absolute atomic E-state index is 0.159. The van der Waals surface area contributed by atoms with Gasteiger partial charge in [-0.25, -0.2) is 0 Å².